The quantitative estimate of drug-likeness (QED) is 0.129. The molecule has 0 fully saturated rings. The Bertz CT molecular complexity index is 3080. The summed E-state index contributed by atoms with van der Waals surface area (Å²) in [5, 5.41) is 12.9. The highest BCUT2D eigenvalue weighted by molar-refractivity contribution is 6.23. The van der Waals surface area contributed by atoms with Crippen LogP contribution in [-0.4, -0.2) is 0 Å². The summed E-state index contributed by atoms with van der Waals surface area (Å²) < 4.78 is 0. The number of hydrogen-bond donors (Lipinski definition) is 0. The fourth-order valence-electron chi connectivity index (χ4n) is 9.70. The van der Waals surface area contributed by atoms with Crippen molar-refractivity contribution in [3.05, 3.63) is 193 Å². The first-order chi connectivity index (χ1) is 26.1. The lowest BCUT2D eigenvalue weighted by molar-refractivity contribution is 0.666. The zero-order valence-corrected chi connectivity index (χ0v) is 29.8. The van der Waals surface area contributed by atoms with Crippen molar-refractivity contribution in [1.29, 1.82) is 0 Å². The van der Waals surface area contributed by atoms with Crippen LogP contribution in [0.1, 0.15) is 25.0 Å². The van der Waals surface area contributed by atoms with Gasteiger partial charge in [0.25, 0.3) is 0 Å². The first kappa shape index (κ1) is 30.2. The lowest BCUT2D eigenvalue weighted by atomic mass is 9.79. The van der Waals surface area contributed by atoms with Crippen LogP contribution in [-0.2, 0) is 5.41 Å². The van der Waals surface area contributed by atoms with Gasteiger partial charge in [0.15, 0.2) is 0 Å². The van der Waals surface area contributed by atoms with Crippen LogP contribution in [0.5, 0.6) is 0 Å². The standard InChI is InChI=1S/C53H36/c1-53(2)48-30-29-36(32-47(48)51-41-21-9-6-18-38(41)39-19-7-14-26-46(39)52(51)53)49-42-22-10-12-24-44(42)50(45-25-13-11-23-43(45)49)40-20-8-5-17-37(40)35-28-27-33-15-3-4-16-34(33)31-35/h3-32H,1-2H3. The van der Waals surface area contributed by atoms with Crippen LogP contribution < -0.4 is 0 Å². The van der Waals surface area contributed by atoms with E-state index >= 15 is 0 Å². The average molecular weight is 673 g/mol. The smallest absolute Gasteiger partial charge is 0.0165 e. The third-order valence-electron chi connectivity index (χ3n) is 12.0. The second-order valence-corrected chi connectivity index (χ2v) is 15.2. The van der Waals surface area contributed by atoms with Crippen molar-refractivity contribution in [2.75, 3.05) is 0 Å². The molecule has 10 aromatic rings. The van der Waals surface area contributed by atoms with E-state index in [4.69, 9.17) is 0 Å². The first-order valence-corrected chi connectivity index (χ1v) is 18.7. The van der Waals surface area contributed by atoms with E-state index < -0.39 is 0 Å². The molecule has 1 aliphatic rings. The number of benzene rings is 10. The fourth-order valence-corrected chi connectivity index (χ4v) is 9.70. The van der Waals surface area contributed by atoms with Crippen molar-refractivity contribution in [1.82, 2.24) is 0 Å². The van der Waals surface area contributed by atoms with Crippen LogP contribution in [0.25, 0.3) is 98.4 Å². The number of fused-ring (bicyclic) bond motifs is 11. The Kier molecular flexibility index (Phi) is 6.40. The van der Waals surface area contributed by atoms with Gasteiger partial charge < -0.3 is 0 Å². The highest BCUT2D eigenvalue weighted by atomic mass is 14.4. The van der Waals surface area contributed by atoms with E-state index in [2.05, 4.69) is 196 Å². The third-order valence-corrected chi connectivity index (χ3v) is 12.0. The molecule has 10 aromatic carbocycles. The summed E-state index contributed by atoms with van der Waals surface area (Å²) in [7, 11) is 0. The SMILES string of the molecule is CC1(C)c2ccc(-c3c4ccccc4c(-c4ccccc4-c4ccc5ccccc5c4)c4ccccc34)cc2-c2c1c1ccccc1c1ccccc21. The molecule has 0 aromatic heterocycles. The van der Waals surface area contributed by atoms with Gasteiger partial charge in [-0.2, -0.15) is 0 Å². The highest BCUT2D eigenvalue weighted by Crippen LogP contribution is 2.56. The van der Waals surface area contributed by atoms with Gasteiger partial charge in [-0.05, 0) is 122 Å². The van der Waals surface area contributed by atoms with E-state index in [0.29, 0.717) is 0 Å². The van der Waals surface area contributed by atoms with Crippen molar-refractivity contribution in [3.8, 4) is 44.5 Å². The molecule has 0 amide bonds. The summed E-state index contributed by atoms with van der Waals surface area (Å²) in [6.07, 6.45) is 0. The Balaban J connectivity index is 1.20. The van der Waals surface area contributed by atoms with Crippen LogP contribution in [0.3, 0.4) is 0 Å². The summed E-state index contributed by atoms with van der Waals surface area (Å²) in [5.41, 5.74) is 13.0. The van der Waals surface area contributed by atoms with E-state index in [0.717, 1.165) is 0 Å². The van der Waals surface area contributed by atoms with Gasteiger partial charge >= 0.3 is 0 Å². The maximum absolute atomic E-state index is 2.50. The lowest BCUT2D eigenvalue weighted by Gasteiger charge is -2.24. The molecule has 0 atom stereocenters. The van der Waals surface area contributed by atoms with Gasteiger partial charge in [0, 0.05) is 5.41 Å². The minimum atomic E-state index is -0.132. The Morgan fingerprint density at radius 2 is 0.774 bits per heavy atom. The number of rotatable bonds is 3. The molecular formula is C53H36. The van der Waals surface area contributed by atoms with E-state index in [1.807, 2.05) is 0 Å². The van der Waals surface area contributed by atoms with Crippen molar-refractivity contribution in [3.63, 3.8) is 0 Å². The molecule has 248 valence electrons. The molecule has 0 bridgehead atoms. The molecule has 0 heterocycles. The summed E-state index contributed by atoms with van der Waals surface area (Å²) in [4.78, 5) is 0. The third kappa shape index (κ3) is 4.30. The van der Waals surface area contributed by atoms with Gasteiger partial charge in [-0.15, -0.1) is 0 Å². The van der Waals surface area contributed by atoms with Crippen LogP contribution in [0.15, 0.2) is 182 Å². The molecule has 0 heteroatoms. The van der Waals surface area contributed by atoms with E-state index in [-0.39, 0.29) is 5.41 Å². The average Bonchev–Trinajstić information content (AvgIpc) is 3.45. The minimum Gasteiger partial charge on any atom is -0.0616 e. The van der Waals surface area contributed by atoms with Gasteiger partial charge in [-0.1, -0.05) is 184 Å². The molecule has 0 nitrogen and oxygen atoms in total. The van der Waals surface area contributed by atoms with E-state index in [1.54, 1.807) is 0 Å². The van der Waals surface area contributed by atoms with Crippen LogP contribution in [0.4, 0.5) is 0 Å². The van der Waals surface area contributed by atoms with Gasteiger partial charge in [0.1, 0.15) is 0 Å². The largest absolute Gasteiger partial charge is 0.0616 e. The molecule has 1 aliphatic carbocycles. The summed E-state index contributed by atoms with van der Waals surface area (Å²) in [6.45, 7) is 4.82. The van der Waals surface area contributed by atoms with Gasteiger partial charge in [-0.3, -0.25) is 0 Å². The van der Waals surface area contributed by atoms with Gasteiger partial charge in [0.2, 0.25) is 0 Å². The second-order valence-electron chi connectivity index (χ2n) is 15.2. The van der Waals surface area contributed by atoms with E-state index in [1.165, 1.54) is 109 Å². The van der Waals surface area contributed by atoms with E-state index in [9.17, 15) is 0 Å². The molecule has 53 heavy (non-hydrogen) atoms. The molecule has 0 aliphatic heterocycles. The highest BCUT2D eigenvalue weighted by Gasteiger charge is 2.38. The molecular weight excluding hydrogens is 637 g/mol. The molecule has 0 spiro atoms. The Morgan fingerprint density at radius 1 is 0.302 bits per heavy atom. The monoisotopic (exact) mass is 672 g/mol. The van der Waals surface area contributed by atoms with Crippen LogP contribution in [0.2, 0.25) is 0 Å². The zero-order chi connectivity index (χ0) is 35.3. The predicted octanol–water partition coefficient (Wildman–Crippen LogP) is 14.8. The molecule has 11 rings (SSSR count). The summed E-state index contributed by atoms with van der Waals surface area (Å²) in [6, 6.07) is 67.8. The first-order valence-electron chi connectivity index (χ1n) is 18.7. The molecule has 0 unspecified atom stereocenters. The number of hydrogen-bond acceptors (Lipinski definition) is 0. The molecule has 0 radical (unpaired) electrons. The predicted molar refractivity (Wildman–Crippen MR) is 228 cm³/mol. The summed E-state index contributed by atoms with van der Waals surface area (Å²) in [5.74, 6) is 0. The molecule has 0 saturated carbocycles. The van der Waals surface area contributed by atoms with Crippen molar-refractivity contribution in [2.45, 2.75) is 19.3 Å². The summed E-state index contributed by atoms with van der Waals surface area (Å²) >= 11 is 0. The van der Waals surface area contributed by atoms with Crippen molar-refractivity contribution < 1.29 is 0 Å². The van der Waals surface area contributed by atoms with Crippen molar-refractivity contribution in [2.24, 2.45) is 0 Å². The lowest BCUT2D eigenvalue weighted by Crippen LogP contribution is -2.15. The van der Waals surface area contributed by atoms with Crippen LogP contribution >= 0.6 is 0 Å². The Hall–Kier alpha value is -6.50. The maximum atomic E-state index is 2.50. The van der Waals surface area contributed by atoms with Crippen molar-refractivity contribution >= 4 is 53.9 Å². The molecule has 0 saturated heterocycles. The maximum Gasteiger partial charge on any atom is 0.0165 e. The van der Waals surface area contributed by atoms with Gasteiger partial charge in [-0.25, -0.2) is 0 Å². The fraction of sp³-hybridized carbons (Fsp3) is 0.0566. The topological polar surface area (TPSA) is 0 Å². The Morgan fingerprint density at radius 3 is 1.43 bits per heavy atom. The zero-order valence-electron chi connectivity index (χ0n) is 29.8. The normalized spacial score (nSPS) is 13.2. The Labute approximate surface area is 309 Å². The van der Waals surface area contributed by atoms with Gasteiger partial charge in [0.05, 0.1) is 0 Å². The minimum absolute atomic E-state index is 0.132. The second kappa shape index (κ2) is 11.2. The van der Waals surface area contributed by atoms with Crippen LogP contribution in [0, 0.1) is 0 Å². The molecule has 0 N–H and O–H groups in total.